The Bertz CT molecular complexity index is 642. The standard InChI is InChI=1S/C14H13NO4S2/c1-8-4-2-3-5-9(8)6-11-12(17)15(14(20)21-11)10(7-16)13(18)19/h2-6,10,16H,7H2,1H3,(H,18,19)/b11-6-/t10-/m0/s1. The second-order valence-electron chi connectivity index (χ2n) is 4.44. The number of nitrogens with zero attached hydrogens (tertiary/aromatic N) is 1. The van der Waals surface area contributed by atoms with Crippen molar-refractivity contribution in [2.24, 2.45) is 0 Å². The highest BCUT2D eigenvalue weighted by atomic mass is 32.2. The van der Waals surface area contributed by atoms with Crippen LogP contribution in [0.1, 0.15) is 11.1 Å². The molecule has 2 N–H and O–H groups in total. The molecule has 0 unspecified atom stereocenters. The molecule has 0 spiro atoms. The van der Waals surface area contributed by atoms with Crippen molar-refractivity contribution in [3.05, 3.63) is 40.3 Å². The first kappa shape index (κ1) is 15.7. The highest BCUT2D eigenvalue weighted by Gasteiger charge is 2.40. The number of hydrogen-bond acceptors (Lipinski definition) is 5. The molecule has 1 aliphatic rings. The fourth-order valence-electron chi connectivity index (χ4n) is 1.91. The zero-order valence-electron chi connectivity index (χ0n) is 11.1. The molecule has 1 aromatic carbocycles. The van der Waals surface area contributed by atoms with Gasteiger partial charge in [0.1, 0.15) is 4.32 Å². The summed E-state index contributed by atoms with van der Waals surface area (Å²) < 4.78 is 0.140. The van der Waals surface area contributed by atoms with E-state index in [2.05, 4.69) is 0 Å². The first-order valence-corrected chi connectivity index (χ1v) is 7.34. The van der Waals surface area contributed by atoms with Gasteiger partial charge in [-0.2, -0.15) is 0 Å². The van der Waals surface area contributed by atoms with Gasteiger partial charge in [-0.1, -0.05) is 48.2 Å². The third-order valence-corrected chi connectivity index (χ3v) is 4.40. The van der Waals surface area contributed by atoms with Crippen molar-refractivity contribution >= 4 is 46.3 Å². The molecule has 0 aliphatic carbocycles. The van der Waals surface area contributed by atoms with Gasteiger partial charge in [0.2, 0.25) is 0 Å². The molecule has 1 aromatic rings. The largest absolute Gasteiger partial charge is 0.480 e. The zero-order chi connectivity index (χ0) is 15.6. The minimum atomic E-state index is -1.35. The SMILES string of the molecule is Cc1ccccc1/C=C1\SC(=S)N([C@@H](CO)C(=O)O)C1=O. The number of aliphatic hydroxyl groups is 1. The van der Waals surface area contributed by atoms with Crippen molar-refractivity contribution in [3.63, 3.8) is 0 Å². The monoisotopic (exact) mass is 323 g/mol. The lowest BCUT2D eigenvalue weighted by Gasteiger charge is -2.20. The van der Waals surface area contributed by atoms with Crippen LogP contribution in [0, 0.1) is 6.92 Å². The van der Waals surface area contributed by atoms with Crippen molar-refractivity contribution in [3.8, 4) is 0 Å². The topological polar surface area (TPSA) is 77.8 Å². The summed E-state index contributed by atoms with van der Waals surface area (Å²) in [6, 6.07) is 6.18. The maximum Gasteiger partial charge on any atom is 0.329 e. The van der Waals surface area contributed by atoms with Crippen LogP contribution in [0.25, 0.3) is 6.08 Å². The van der Waals surface area contributed by atoms with Gasteiger partial charge in [-0.25, -0.2) is 4.79 Å². The Morgan fingerprint density at radius 3 is 2.71 bits per heavy atom. The summed E-state index contributed by atoms with van der Waals surface area (Å²) in [5.74, 6) is -1.78. The number of aliphatic hydroxyl groups excluding tert-OH is 1. The van der Waals surface area contributed by atoms with Crippen LogP contribution in [0.3, 0.4) is 0 Å². The average Bonchev–Trinajstić information content (AvgIpc) is 2.70. The van der Waals surface area contributed by atoms with E-state index in [1.54, 1.807) is 6.08 Å². The van der Waals surface area contributed by atoms with Gasteiger partial charge in [0.25, 0.3) is 5.91 Å². The number of thiocarbonyl (C=S) groups is 1. The molecule has 0 aromatic heterocycles. The number of thioether (sulfide) groups is 1. The molecule has 5 nitrogen and oxygen atoms in total. The van der Waals surface area contributed by atoms with Gasteiger partial charge < -0.3 is 10.2 Å². The molecule has 0 saturated carbocycles. The van der Waals surface area contributed by atoms with Gasteiger partial charge in [-0.05, 0) is 24.1 Å². The van der Waals surface area contributed by atoms with Gasteiger partial charge in [0.05, 0.1) is 11.5 Å². The molecular weight excluding hydrogens is 310 g/mol. The fraction of sp³-hybridized carbons (Fsp3) is 0.214. The molecule has 7 heteroatoms. The number of rotatable bonds is 4. The number of benzene rings is 1. The number of aryl methyl sites for hydroxylation is 1. The Hall–Kier alpha value is -1.70. The Morgan fingerprint density at radius 2 is 2.14 bits per heavy atom. The van der Waals surface area contributed by atoms with Crippen LogP contribution in [-0.4, -0.2) is 44.0 Å². The zero-order valence-corrected chi connectivity index (χ0v) is 12.8. The third-order valence-electron chi connectivity index (χ3n) is 3.07. The lowest BCUT2D eigenvalue weighted by Crippen LogP contribution is -2.46. The van der Waals surface area contributed by atoms with Crippen molar-refractivity contribution in [2.45, 2.75) is 13.0 Å². The van der Waals surface area contributed by atoms with Gasteiger partial charge >= 0.3 is 5.97 Å². The molecule has 1 aliphatic heterocycles. The molecule has 110 valence electrons. The van der Waals surface area contributed by atoms with Crippen molar-refractivity contribution in [2.75, 3.05) is 6.61 Å². The first-order valence-electron chi connectivity index (χ1n) is 6.12. The third kappa shape index (κ3) is 3.15. The Labute approximate surface area is 131 Å². The van der Waals surface area contributed by atoms with E-state index < -0.39 is 24.5 Å². The molecule has 2 rings (SSSR count). The maximum atomic E-state index is 12.3. The van der Waals surface area contributed by atoms with Crippen LogP contribution in [0.15, 0.2) is 29.2 Å². The summed E-state index contributed by atoms with van der Waals surface area (Å²) in [5, 5.41) is 18.2. The van der Waals surface area contributed by atoms with E-state index in [9.17, 15) is 9.59 Å². The van der Waals surface area contributed by atoms with Crippen molar-refractivity contribution in [1.29, 1.82) is 0 Å². The maximum absolute atomic E-state index is 12.3. The molecule has 1 atom stereocenters. The number of amides is 1. The van der Waals surface area contributed by atoms with Crippen LogP contribution in [0.2, 0.25) is 0 Å². The number of carbonyl (C=O) groups excluding carboxylic acids is 1. The molecule has 0 radical (unpaired) electrons. The van der Waals surface area contributed by atoms with E-state index in [-0.39, 0.29) is 4.32 Å². The quantitative estimate of drug-likeness (QED) is 0.648. The lowest BCUT2D eigenvalue weighted by molar-refractivity contribution is -0.146. The predicted molar refractivity (Wildman–Crippen MR) is 84.7 cm³/mol. The summed E-state index contributed by atoms with van der Waals surface area (Å²) in [4.78, 5) is 24.7. The summed E-state index contributed by atoms with van der Waals surface area (Å²) in [6.45, 7) is 1.24. The van der Waals surface area contributed by atoms with Gasteiger partial charge in [0.15, 0.2) is 6.04 Å². The molecular formula is C14H13NO4S2. The summed E-state index contributed by atoms with van der Waals surface area (Å²) in [6.07, 6.45) is 1.69. The highest BCUT2D eigenvalue weighted by Crippen LogP contribution is 2.34. The number of carboxylic acids is 1. The second kappa shape index (κ2) is 6.38. The summed E-state index contributed by atoms with van der Waals surface area (Å²) in [7, 11) is 0. The van der Waals surface area contributed by atoms with Gasteiger partial charge in [-0.15, -0.1) is 0 Å². The smallest absolute Gasteiger partial charge is 0.329 e. The number of hydrogen-bond donors (Lipinski definition) is 2. The van der Waals surface area contributed by atoms with Crippen molar-refractivity contribution < 1.29 is 19.8 Å². The lowest BCUT2D eigenvalue weighted by atomic mass is 10.1. The van der Waals surface area contributed by atoms with Crippen LogP contribution in [0.4, 0.5) is 0 Å². The van der Waals surface area contributed by atoms with Gasteiger partial charge in [-0.3, -0.25) is 9.69 Å². The van der Waals surface area contributed by atoms with E-state index in [0.29, 0.717) is 4.91 Å². The predicted octanol–water partition coefficient (Wildman–Crippen LogP) is 1.64. The highest BCUT2D eigenvalue weighted by molar-refractivity contribution is 8.26. The number of carbonyl (C=O) groups is 2. The Morgan fingerprint density at radius 1 is 1.48 bits per heavy atom. The Balaban J connectivity index is 2.34. The normalized spacial score (nSPS) is 18.4. The molecule has 1 fully saturated rings. The van der Waals surface area contributed by atoms with Crippen LogP contribution in [0.5, 0.6) is 0 Å². The van der Waals surface area contributed by atoms with E-state index in [0.717, 1.165) is 27.8 Å². The van der Waals surface area contributed by atoms with Crippen molar-refractivity contribution in [1.82, 2.24) is 4.90 Å². The van der Waals surface area contributed by atoms with Crippen LogP contribution in [-0.2, 0) is 9.59 Å². The molecule has 0 bridgehead atoms. The molecule has 1 heterocycles. The molecule has 21 heavy (non-hydrogen) atoms. The van der Waals surface area contributed by atoms with E-state index in [1.807, 2.05) is 31.2 Å². The first-order chi connectivity index (χ1) is 9.95. The van der Waals surface area contributed by atoms with Crippen LogP contribution < -0.4 is 0 Å². The molecule has 1 saturated heterocycles. The second-order valence-corrected chi connectivity index (χ2v) is 6.12. The average molecular weight is 323 g/mol. The van der Waals surface area contributed by atoms with Gasteiger partial charge in [0, 0.05) is 0 Å². The fourth-order valence-corrected chi connectivity index (χ4v) is 3.26. The van der Waals surface area contributed by atoms with E-state index in [1.165, 1.54) is 0 Å². The summed E-state index contributed by atoms with van der Waals surface area (Å²) >= 11 is 6.10. The Kier molecular flexibility index (Phi) is 4.76. The minimum Gasteiger partial charge on any atom is -0.480 e. The van der Waals surface area contributed by atoms with E-state index >= 15 is 0 Å². The number of carboxylic acid groups (broad SMARTS) is 1. The van der Waals surface area contributed by atoms with E-state index in [4.69, 9.17) is 22.4 Å². The molecule has 1 amide bonds. The summed E-state index contributed by atoms with van der Waals surface area (Å²) in [5.41, 5.74) is 1.87. The van der Waals surface area contributed by atoms with Crippen LogP contribution >= 0.6 is 24.0 Å². The number of aliphatic carboxylic acids is 1. The minimum absolute atomic E-state index is 0.140.